The molecule has 2 aromatic carbocycles. The zero-order valence-corrected chi connectivity index (χ0v) is 15.3. The van der Waals surface area contributed by atoms with Gasteiger partial charge in [0.1, 0.15) is 5.82 Å². The highest BCUT2D eigenvalue weighted by Gasteiger charge is 2.16. The second kappa shape index (κ2) is 7.76. The fourth-order valence-corrected chi connectivity index (χ4v) is 3.17. The van der Waals surface area contributed by atoms with Crippen molar-refractivity contribution in [1.29, 1.82) is 0 Å². The van der Waals surface area contributed by atoms with Crippen LogP contribution < -0.4 is 11.2 Å². The molecule has 6 nitrogen and oxygen atoms in total. The van der Waals surface area contributed by atoms with Crippen LogP contribution in [-0.4, -0.2) is 26.5 Å². The number of amides is 1. The van der Waals surface area contributed by atoms with Crippen LogP contribution >= 0.6 is 23.4 Å². The van der Waals surface area contributed by atoms with Crippen LogP contribution in [0.3, 0.4) is 0 Å². The monoisotopic (exact) mass is 391 g/mol. The molecule has 0 aliphatic rings. The number of nitrogens with two attached hydrogens (primary N) is 1. The number of hydrogen-bond acceptors (Lipinski definition) is 5. The van der Waals surface area contributed by atoms with E-state index in [-0.39, 0.29) is 23.0 Å². The van der Waals surface area contributed by atoms with Gasteiger partial charge in [0, 0.05) is 10.7 Å². The molecule has 0 radical (unpaired) electrons. The van der Waals surface area contributed by atoms with Gasteiger partial charge in [-0.3, -0.25) is 4.79 Å². The molecule has 3 rings (SSSR count). The predicted octanol–water partition coefficient (Wildman–Crippen LogP) is 3.49. The van der Waals surface area contributed by atoms with Gasteiger partial charge in [-0.05, 0) is 42.8 Å². The van der Waals surface area contributed by atoms with Crippen molar-refractivity contribution in [3.63, 3.8) is 0 Å². The van der Waals surface area contributed by atoms with E-state index in [1.165, 1.54) is 10.7 Å². The second-order valence-corrected chi connectivity index (χ2v) is 6.83. The normalized spacial score (nSPS) is 10.7. The lowest BCUT2D eigenvalue weighted by Crippen LogP contribution is -2.17. The Bertz CT molecular complexity index is 962. The fourth-order valence-electron chi connectivity index (χ4n) is 2.29. The molecule has 1 amide bonds. The Morgan fingerprint density at radius 2 is 2.08 bits per heavy atom. The fraction of sp³-hybridized carbons (Fsp3) is 0.118. The summed E-state index contributed by atoms with van der Waals surface area (Å²) < 4.78 is 15.0. The van der Waals surface area contributed by atoms with Crippen LogP contribution in [0.5, 0.6) is 0 Å². The maximum atomic E-state index is 13.9. The largest absolute Gasteiger partial charge is 0.335 e. The maximum absolute atomic E-state index is 13.9. The first-order valence-corrected chi connectivity index (χ1v) is 8.96. The number of thioether (sulfide) groups is 1. The quantitative estimate of drug-likeness (QED) is 0.513. The van der Waals surface area contributed by atoms with Crippen LogP contribution in [-0.2, 0) is 4.79 Å². The van der Waals surface area contributed by atoms with Crippen LogP contribution in [0.2, 0.25) is 5.02 Å². The topological polar surface area (TPSA) is 85.8 Å². The summed E-state index contributed by atoms with van der Waals surface area (Å²) in [5.74, 6) is 5.54. The first-order chi connectivity index (χ1) is 12.5. The number of carbonyl (C=O) groups is 1. The third kappa shape index (κ3) is 3.97. The molecule has 0 fully saturated rings. The summed E-state index contributed by atoms with van der Waals surface area (Å²) in [5.41, 5.74) is 1.79. The third-order valence-corrected chi connectivity index (χ3v) is 4.75. The summed E-state index contributed by atoms with van der Waals surface area (Å²) in [4.78, 5) is 12.1. The lowest BCUT2D eigenvalue weighted by atomic mass is 10.2. The highest BCUT2D eigenvalue weighted by molar-refractivity contribution is 7.99. The second-order valence-electron chi connectivity index (χ2n) is 5.45. The maximum Gasteiger partial charge on any atom is 0.234 e. The van der Waals surface area contributed by atoms with Gasteiger partial charge in [0.25, 0.3) is 0 Å². The number of anilines is 1. The summed E-state index contributed by atoms with van der Waals surface area (Å²) in [6.07, 6.45) is 0. The number of benzene rings is 2. The van der Waals surface area contributed by atoms with Crippen LogP contribution in [0.15, 0.2) is 47.6 Å². The Balaban J connectivity index is 1.67. The Labute approximate surface area is 158 Å². The molecule has 0 unspecified atom stereocenters. The van der Waals surface area contributed by atoms with Gasteiger partial charge in [-0.2, -0.15) is 0 Å². The van der Waals surface area contributed by atoms with Gasteiger partial charge in [-0.1, -0.05) is 35.5 Å². The number of halogens is 2. The van der Waals surface area contributed by atoms with E-state index in [1.807, 2.05) is 6.92 Å². The van der Waals surface area contributed by atoms with Crippen molar-refractivity contribution in [1.82, 2.24) is 14.9 Å². The van der Waals surface area contributed by atoms with Crippen molar-refractivity contribution >= 4 is 35.0 Å². The number of hydrogen-bond donors (Lipinski definition) is 2. The third-order valence-electron chi connectivity index (χ3n) is 3.57. The molecule has 1 aromatic heterocycles. The molecule has 1 heterocycles. The Morgan fingerprint density at radius 1 is 1.31 bits per heavy atom. The van der Waals surface area contributed by atoms with Crippen molar-refractivity contribution < 1.29 is 9.18 Å². The summed E-state index contributed by atoms with van der Waals surface area (Å²) in [6, 6.07) is 11.3. The molecular formula is C17H15ClFN5OS. The molecule has 0 atom stereocenters. The van der Waals surface area contributed by atoms with E-state index in [0.29, 0.717) is 15.9 Å². The van der Waals surface area contributed by atoms with E-state index in [9.17, 15) is 9.18 Å². The number of aryl methyl sites for hydroxylation is 1. The molecule has 0 aliphatic carbocycles. The van der Waals surface area contributed by atoms with Crippen molar-refractivity contribution in [2.24, 2.45) is 0 Å². The smallest absolute Gasteiger partial charge is 0.234 e. The lowest BCUT2D eigenvalue weighted by molar-refractivity contribution is -0.113. The lowest BCUT2D eigenvalue weighted by Gasteiger charge is -2.08. The Morgan fingerprint density at radius 3 is 2.81 bits per heavy atom. The van der Waals surface area contributed by atoms with Crippen LogP contribution in [0.4, 0.5) is 10.1 Å². The molecule has 0 aliphatic heterocycles. The van der Waals surface area contributed by atoms with Crippen molar-refractivity contribution in [3.05, 3.63) is 58.9 Å². The van der Waals surface area contributed by atoms with Gasteiger partial charge in [0.05, 0.1) is 11.3 Å². The Hall–Kier alpha value is -2.58. The van der Waals surface area contributed by atoms with Crippen LogP contribution in [0.1, 0.15) is 5.56 Å². The highest BCUT2D eigenvalue weighted by atomic mass is 35.5. The molecule has 3 aromatic rings. The van der Waals surface area contributed by atoms with Gasteiger partial charge >= 0.3 is 0 Å². The van der Waals surface area contributed by atoms with E-state index in [0.717, 1.165) is 17.3 Å². The number of nitrogens with zero attached hydrogens (tertiary/aromatic N) is 3. The van der Waals surface area contributed by atoms with E-state index in [4.69, 9.17) is 17.4 Å². The molecule has 0 saturated carbocycles. The van der Waals surface area contributed by atoms with Crippen molar-refractivity contribution in [2.45, 2.75) is 12.1 Å². The minimum absolute atomic E-state index is 0.0780. The molecule has 0 saturated heterocycles. The Kier molecular flexibility index (Phi) is 5.43. The average Bonchev–Trinajstić information content (AvgIpc) is 2.97. The van der Waals surface area contributed by atoms with Gasteiger partial charge < -0.3 is 11.2 Å². The van der Waals surface area contributed by atoms with Gasteiger partial charge in [0.2, 0.25) is 11.1 Å². The molecule has 26 heavy (non-hydrogen) atoms. The first-order valence-electron chi connectivity index (χ1n) is 7.60. The zero-order chi connectivity index (χ0) is 18.7. The number of carbonyl (C=O) groups excluding carboxylic acids is 1. The highest BCUT2D eigenvalue weighted by Crippen LogP contribution is 2.24. The number of nitrogens with one attached hydrogen (secondary N) is 1. The average molecular weight is 392 g/mol. The minimum atomic E-state index is -0.445. The summed E-state index contributed by atoms with van der Waals surface area (Å²) >= 11 is 7.01. The van der Waals surface area contributed by atoms with E-state index < -0.39 is 5.82 Å². The van der Waals surface area contributed by atoms with Gasteiger partial charge in [-0.15, -0.1) is 10.2 Å². The van der Waals surface area contributed by atoms with E-state index >= 15 is 0 Å². The molecule has 0 bridgehead atoms. The SMILES string of the molecule is Cc1cc(Cl)ccc1NC(=O)CSc1nnc(-c2ccccc2F)n1N. The number of nitrogen functional groups attached to an aromatic ring is 1. The van der Waals surface area contributed by atoms with E-state index in [1.54, 1.807) is 36.4 Å². The summed E-state index contributed by atoms with van der Waals surface area (Å²) in [6.45, 7) is 1.85. The molecule has 134 valence electrons. The number of rotatable bonds is 5. The minimum Gasteiger partial charge on any atom is -0.335 e. The van der Waals surface area contributed by atoms with Crippen LogP contribution in [0.25, 0.3) is 11.4 Å². The van der Waals surface area contributed by atoms with Crippen LogP contribution in [0, 0.1) is 12.7 Å². The van der Waals surface area contributed by atoms with E-state index in [2.05, 4.69) is 15.5 Å². The first kappa shape index (κ1) is 18.2. The molecular weight excluding hydrogens is 377 g/mol. The van der Waals surface area contributed by atoms with Gasteiger partial charge in [-0.25, -0.2) is 9.07 Å². The van der Waals surface area contributed by atoms with Crippen molar-refractivity contribution in [2.75, 3.05) is 16.9 Å². The number of aromatic nitrogens is 3. The molecule has 3 N–H and O–H groups in total. The summed E-state index contributed by atoms with van der Waals surface area (Å²) in [7, 11) is 0. The molecule has 9 heteroatoms. The van der Waals surface area contributed by atoms with Gasteiger partial charge in [0.15, 0.2) is 5.82 Å². The summed E-state index contributed by atoms with van der Waals surface area (Å²) in [5, 5.41) is 11.6. The van der Waals surface area contributed by atoms with Crippen molar-refractivity contribution in [3.8, 4) is 11.4 Å². The molecule has 0 spiro atoms. The predicted molar refractivity (Wildman–Crippen MR) is 101 cm³/mol. The zero-order valence-electron chi connectivity index (χ0n) is 13.7. The standard InChI is InChI=1S/C17H15ClFN5OS/c1-10-8-11(18)6-7-14(10)21-15(25)9-26-17-23-22-16(24(17)20)12-4-2-3-5-13(12)19/h2-8H,9,20H2,1H3,(H,21,25).